The van der Waals surface area contributed by atoms with Crippen LogP contribution in [-0.2, 0) is 0 Å². The number of hydrogen-bond acceptors (Lipinski definition) is 2. The molecule has 0 spiro atoms. The van der Waals surface area contributed by atoms with E-state index in [9.17, 15) is 4.79 Å². The van der Waals surface area contributed by atoms with E-state index >= 15 is 0 Å². The molecule has 1 fully saturated rings. The zero-order valence-corrected chi connectivity index (χ0v) is 11.9. The molecule has 2 aromatic rings. The molecule has 1 aliphatic rings. The molecule has 0 unspecified atom stereocenters. The Balaban J connectivity index is 1.64. The Hall–Kier alpha value is -1.77. The first-order valence-corrected chi connectivity index (χ1v) is 7.55. The Morgan fingerprint density at radius 2 is 2.00 bits per heavy atom. The normalized spacial score (nSPS) is 22.9. The van der Waals surface area contributed by atoms with Crippen molar-refractivity contribution >= 4 is 16.9 Å². The average Bonchev–Trinajstić information content (AvgIpc) is 2.92. The molecule has 3 rings (SSSR count). The van der Waals surface area contributed by atoms with Crippen LogP contribution in [0.25, 0.3) is 11.0 Å². The first-order valence-electron chi connectivity index (χ1n) is 7.55. The zero-order valence-electron chi connectivity index (χ0n) is 11.9. The van der Waals surface area contributed by atoms with E-state index in [-0.39, 0.29) is 5.91 Å². The van der Waals surface area contributed by atoms with Crippen LogP contribution in [0.2, 0.25) is 0 Å². The van der Waals surface area contributed by atoms with E-state index in [1.807, 2.05) is 30.3 Å². The fourth-order valence-corrected chi connectivity index (χ4v) is 3.07. The van der Waals surface area contributed by atoms with Gasteiger partial charge in [-0.3, -0.25) is 4.79 Å². The highest BCUT2D eigenvalue weighted by atomic mass is 16.3. The fraction of sp³-hybridized carbons (Fsp3) is 0.471. The molecule has 1 aliphatic carbocycles. The number of carbonyl (C=O) groups excluding carboxylic acids is 1. The molecule has 0 bridgehead atoms. The number of hydrogen-bond donors (Lipinski definition) is 1. The van der Waals surface area contributed by atoms with E-state index in [4.69, 9.17) is 4.42 Å². The number of furan rings is 1. The summed E-state index contributed by atoms with van der Waals surface area (Å²) in [5.41, 5.74) is 0.771. The van der Waals surface area contributed by atoms with E-state index in [1.165, 1.54) is 19.3 Å². The van der Waals surface area contributed by atoms with Gasteiger partial charge in [0.15, 0.2) is 5.76 Å². The third-order valence-corrected chi connectivity index (χ3v) is 4.41. The summed E-state index contributed by atoms with van der Waals surface area (Å²) < 4.78 is 5.60. The van der Waals surface area contributed by atoms with Crippen LogP contribution in [0, 0.1) is 5.92 Å². The van der Waals surface area contributed by atoms with E-state index in [0.29, 0.717) is 11.8 Å². The molecule has 3 nitrogen and oxygen atoms in total. The molecule has 0 saturated heterocycles. The second kappa shape index (κ2) is 5.70. The van der Waals surface area contributed by atoms with Gasteiger partial charge in [0.05, 0.1) is 0 Å². The summed E-state index contributed by atoms with van der Waals surface area (Å²) >= 11 is 0. The molecular weight excluding hydrogens is 250 g/mol. The molecule has 1 aromatic heterocycles. The molecule has 0 aliphatic heterocycles. The first kappa shape index (κ1) is 13.2. The molecule has 1 heterocycles. The Kier molecular flexibility index (Phi) is 3.77. The number of para-hydroxylation sites is 1. The van der Waals surface area contributed by atoms with Crippen LogP contribution in [-0.4, -0.2) is 11.9 Å². The minimum absolute atomic E-state index is 0.0823. The van der Waals surface area contributed by atoms with Gasteiger partial charge in [-0.2, -0.15) is 0 Å². The summed E-state index contributed by atoms with van der Waals surface area (Å²) in [6.45, 7) is 2.25. The third-order valence-electron chi connectivity index (χ3n) is 4.41. The summed E-state index contributed by atoms with van der Waals surface area (Å²) in [5.74, 6) is 1.18. The zero-order chi connectivity index (χ0) is 13.9. The maximum Gasteiger partial charge on any atom is 0.287 e. The number of amides is 1. The Morgan fingerprint density at radius 3 is 2.70 bits per heavy atom. The largest absolute Gasteiger partial charge is 0.451 e. The van der Waals surface area contributed by atoms with Crippen LogP contribution in [0.3, 0.4) is 0 Å². The summed E-state index contributed by atoms with van der Waals surface area (Å²) in [7, 11) is 0. The van der Waals surface area contributed by atoms with Gasteiger partial charge in [0.25, 0.3) is 5.91 Å². The van der Waals surface area contributed by atoms with Crippen molar-refractivity contribution in [3.05, 3.63) is 36.1 Å². The number of rotatable bonds is 3. The van der Waals surface area contributed by atoms with Crippen LogP contribution < -0.4 is 5.32 Å². The maximum absolute atomic E-state index is 12.2. The molecule has 0 radical (unpaired) electrons. The number of benzene rings is 1. The Labute approximate surface area is 119 Å². The van der Waals surface area contributed by atoms with Crippen molar-refractivity contribution < 1.29 is 9.21 Å². The predicted octanol–water partition coefficient (Wildman–Crippen LogP) is 4.13. The third kappa shape index (κ3) is 2.72. The topological polar surface area (TPSA) is 42.2 Å². The van der Waals surface area contributed by atoms with Gasteiger partial charge in [-0.25, -0.2) is 0 Å². The molecule has 0 atom stereocenters. The lowest BCUT2D eigenvalue weighted by atomic mass is 9.84. The van der Waals surface area contributed by atoms with Crippen molar-refractivity contribution in [3.63, 3.8) is 0 Å². The van der Waals surface area contributed by atoms with Crippen LogP contribution in [0.1, 0.15) is 49.6 Å². The SMILES string of the molecule is CCC1CCC(NC(=O)c2cc3ccccc3o2)CC1. The fourth-order valence-electron chi connectivity index (χ4n) is 3.07. The Bertz CT molecular complexity index is 561. The van der Waals surface area contributed by atoms with Gasteiger partial charge in [-0.05, 0) is 43.7 Å². The molecule has 1 aromatic carbocycles. The minimum Gasteiger partial charge on any atom is -0.451 e. The molecule has 1 saturated carbocycles. The predicted molar refractivity (Wildman–Crippen MR) is 79.7 cm³/mol. The van der Waals surface area contributed by atoms with Crippen molar-refractivity contribution in [2.24, 2.45) is 5.92 Å². The molecule has 106 valence electrons. The van der Waals surface area contributed by atoms with E-state index < -0.39 is 0 Å². The number of fused-ring (bicyclic) bond motifs is 1. The van der Waals surface area contributed by atoms with Crippen LogP contribution in [0.4, 0.5) is 0 Å². The highest BCUT2D eigenvalue weighted by Crippen LogP contribution is 2.27. The van der Waals surface area contributed by atoms with Gasteiger partial charge < -0.3 is 9.73 Å². The Morgan fingerprint density at radius 1 is 1.25 bits per heavy atom. The quantitative estimate of drug-likeness (QED) is 0.912. The molecule has 1 amide bonds. The van der Waals surface area contributed by atoms with Crippen LogP contribution in [0.5, 0.6) is 0 Å². The smallest absolute Gasteiger partial charge is 0.287 e. The second-order valence-corrected chi connectivity index (χ2v) is 5.75. The molecule has 1 N–H and O–H groups in total. The minimum atomic E-state index is -0.0823. The highest BCUT2D eigenvalue weighted by molar-refractivity contribution is 5.96. The van der Waals surface area contributed by atoms with E-state index in [0.717, 1.165) is 29.7 Å². The van der Waals surface area contributed by atoms with Gasteiger partial charge in [0.2, 0.25) is 0 Å². The highest BCUT2D eigenvalue weighted by Gasteiger charge is 2.22. The van der Waals surface area contributed by atoms with E-state index in [2.05, 4.69) is 12.2 Å². The number of carbonyl (C=O) groups is 1. The van der Waals surface area contributed by atoms with Gasteiger partial charge in [-0.1, -0.05) is 31.5 Å². The van der Waals surface area contributed by atoms with Crippen molar-refractivity contribution in [3.8, 4) is 0 Å². The second-order valence-electron chi connectivity index (χ2n) is 5.75. The summed E-state index contributed by atoms with van der Waals surface area (Å²) in [6, 6.07) is 9.84. The van der Waals surface area contributed by atoms with E-state index in [1.54, 1.807) is 0 Å². The summed E-state index contributed by atoms with van der Waals surface area (Å²) in [5, 5.41) is 4.09. The molecular formula is C17H21NO2. The molecule has 3 heteroatoms. The average molecular weight is 271 g/mol. The first-order chi connectivity index (χ1) is 9.76. The van der Waals surface area contributed by atoms with Crippen molar-refractivity contribution in [2.75, 3.05) is 0 Å². The van der Waals surface area contributed by atoms with Crippen LogP contribution >= 0.6 is 0 Å². The summed E-state index contributed by atoms with van der Waals surface area (Å²) in [4.78, 5) is 12.2. The van der Waals surface area contributed by atoms with Crippen molar-refractivity contribution in [1.82, 2.24) is 5.32 Å². The lowest BCUT2D eigenvalue weighted by molar-refractivity contribution is 0.0895. The van der Waals surface area contributed by atoms with Gasteiger partial charge in [-0.15, -0.1) is 0 Å². The van der Waals surface area contributed by atoms with Crippen molar-refractivity contribution in [2.45, 2.75) is 45.1 Å². The van der Waals surface area contributed by atoms with Crippen LogP contribution in [0.15, 0.2) is 34.7 Å². The van der Waals surface area contributed by atoms with Gasteiger partial charge in [0.1, 0.15) is 5.58 Å². The standard InChI is InChI=1S/C17H21NO2/c1-2-12-7-9-14(10-8-12)18-17(19)16-11-13-5-3-4-6-15(13)20-16/h3-6,11-12,14H,2,7-10H2,1H3,(H,18,19). The maximum atomic E-state index is 12.2. The van der Waals surface area contributed by atoms with Gasteiger partial charge >= 0.3 is 0 Å². The summed E-state index contributed by atoms with van der Waals surface area (Å²) in [6.07, 6.45) is 5.88. The lowest BCUT2D eigenvalue weighted by Gasteiger charge is -2.28. The van der Waals surface area contributed by atoms with Crippen molar-refractivity contribution in [1.29, 1.82) is 0 Å². The monoisotopic (exact) mass is 271 g/mol. The molecule has 20 heavy (non-hydrogen) atoms. The lowest BCUT2D eigenvalue weighted by Crippen LogP contribution is -2.37. The van der Waals surface area contributed by atoms with Gasteiger partial charge in [0, 0.05) is 11.4 Å². The number of nitrogens with one attached hydrogen (secondary N) is 1.